The molecule has 4 nitrogen and oxygen atoms in total. The van der Waals surface area contributed by atoms with E-state index in [1.165, 1.54) is 18.2 Å². The van der Waals surface area contributed by atoms with Gasteiger partial charge in [-0.25, -0.2) is 8.78 Å². The lowest BCUT2D eigenvalue weighted by Gasteiger charge is -2.08. The van der Waals surface area contributed by atoms with Crippen molar-refractivity contribution in [3.63, 3.8) is 0 Å². The van der Waals surface area contributed by atoms with Crippen molar-refractivity contribution in [1.29, 1.82) is 0 Å². The first-order chi connectivity index (χ1) is 9.47. The topological polar surface area (TPSA) is 55.2 Å². The first kappa shape index (κ1) is 14.4. The number of anilines is 1. The Kier molecular flexibility index (Phi) is 4.29. The molecule has 2 rings (SSSR count). The molecule has 104 valence electrons. The van der Waals surface area contributed by atoms with E-state index in [1.807, 2.05) is 0 Å². The van der Waals surface area contributed by atoms with Crippen LogP contribution < -0.4 is 5.32 Å². The number of nitrogens with one attached hydrogen (secondary N) is 1. The predicted octanol–water partition coefficient (Wildman–Crippen LogP) is 4.25. The van der Waals surface area contributed by atoms with E-state index in [9.17, 15) is 18.9 Å². The zero-order valence-electron chi connectivity index (χ0n) is 10.1. The first-order valence-electron chi connectivity index (χ1n) is 5.59. The minimum absolute atomic E-state index is 0.116. The van der Waals surface area contributed by atoms with Crippen molar-refractivity contribution < 1.29 is 13.7 Å². The van der Waals surface area contributed by atoms with Crippen LogP contribution in [0.3, 0.4) is 0 Å². The van der Waals surface area contributed by atoms with Crippen molar-refractivity contribution in [3.8, 4) is 0 Å². The van der Waals surface area contributed by atoms with Gasteiger partial charge in [0.15, 0.2) is 0 Å². The van der Waals surface area contributed by atoms with E-state index >= 15 is 0 Å². The molecule has 0 bridgehead atoms. The summed E-state index contributed by atoms with van der Waals surface area (Å²) in [4.78, 5) is 10.2. The highest BCUT2D eigenvalue weighted by Gasteiger charge is 2.17. The van der Waals surface area contributed by atoms with Gasteiger partial charge in [-0.1, -0.05) is 12.1 Å². The lowest BCUT2D eigenvalue weighted by Crippen LogP contribution is -2.03. The van der Waals surface area contributed by atoms with E-state index in [0.717, 1.165) is 6.07 Å². The van der Waals surface area contributed by atoms with Gasteiger partial charge in [0.2, 0.25) is 0 Å². The number of hydrogen-bond donors (Lipinski definition) is 1. The van der Waals surface area contributed by atoms with Gasteiger partial charge in [0, 0.05) is 6.54 Å². The number of nitro groups is 1. The Morgan fingerprint density at radius 1 is 1.25 bits per heavy atom. The third-order valence-corrected chi connectivity index (χ3v) is 3.22. The van der Waals surface area contributed by atoms with Crippen LogP contribution in [-0.4, -0.2) is 4.92 Å². The fourth-order valence-corrected chi connectivity index (χ4v) is 2.02. The van der Waals surface area contributed by atoms with Crippen molar-refractivity contribution >= 4 is 27.3 Å². The molecule has 2 aromatic carbocycles. The van der Waals surface area contributed by atoms with Crippen molar-refractivity contribution in [2.75, 3.05) is 5.32 Å². The highest BCUT2D eigenvalue weighted by Crippen LogP contribution is 2.30. The highest BCUT2D eigenvalue weighted by atomic mass is 79.9. The number of hydrogen-bond acceptors (Lipinski definition) is 3. The maximum atomic E-state index is 13.3. The molecule has 2 aromatic rings. The summed E-state index contributed by atoms with van der Waals surface area (Å²) < 4.78 is 26.4. The molecule has 0 radical (unpaired) electrons. The number of nitrogens with zero attached hydrogens (tertiary/aromatic N) is 1. The summed E-state index contributed by atoms with van der Waals surface area (Å²) >= 11 is 2.97. The molecule has 0 aliphatic carbocycles. The molecule has 1 N–H and O–H groups in total. The smallest absolute Gasteiger partial charge is 0.295 e. The molecule has 0 aliphatic rings. The lowest BCUT2D eigenvalue weighted by molar-refractivity contribution is -0.384. The SMILES string of the molecule is O=[N+]([O-])c1cc(F)c(Br)cc1NCc1cccc(F)c1. The molecule has 0 fully saturated rings. The second kappa shape index (κ2) is 5.96. The van der Waals surface area contributed by atoms with Gasteiger partial charge in [0.1, 0.15) is 17.3 Å². The third-order valence-electron chi connectivity index (χ3n) is 2.61. The second-order valence-electron chi connectivity index (χ2n) is 4.02. The Morgan fingerprint density at radius 2 is 2.00 bits per heavy atom. The standard InChI is InChI=1S/C13H9BrF2N2O2/c14-10-5-12(13(18(19)20)6-11(10)16)17-7-8-2-1-3-9(15)4-8/h1-6,17H,7H2. The zero-order valence-corrected chi connectivity index (χ0v) is 11.7. The van der Waals surface area contributed by atoms with E-state index in [0.29, 0.717) is 5.56 Å². The lowest BCUT2D eigenvalue weighted by atomic mass is 10.2. The molecule has 0 atom stereocenters. The van der Waals surface area contributed by atoms with Crippen LogP contribution in [0.1, 0.15) is 5.56 Å². The fraction of sp³-hybridized carbons (Fsp3) is 0.0769. The van der Waals surface area contributed by atoms with E-state index in [-0.39, 0.29) is 28.2 Å². The summed E-state index contributed by atoms with van der Waals surface area (Å²) in [6, 6.07) is 7.96. The molecule has 0 saturated heterocycles. The Hall–Kier alpha value is -2.02. The molecule has 0 unspecified atom stereocenters. The van der Waals surface area contributed by atoms with Gasteiger partial charge in [-0.2, -0.15) is 0 Å². The van der Waals surface area contributed by atoms with E-state index < -0.39 is 10.7 Å². The van der Waals surface area contributed by atoms with Crippen LogP contribution in [0, 0.1) is 21.7 Å². The van der Waals surface area contributed by atoms with Crippen LogP contribution in [-0.2, 0) is 6.54 Å². The first-order valence-corrected chi connectivity index (χ1v) is 6.38. The molecule has 0 amide bonds. The summed E-state index contributed by atoms with van der Waals surface area (Å²) in [5.74, 6) is -1.10. The van der Waals surface area contributed by atoms with Gasteiger partial charge >= 0.3 is 0 Å². The van der Waals surface area contributed by atoms with Crippen LogP contribution in [0.25, 0.3) is 0 Å². The number of nitro benzene ring substituents is 1. The van der Waals surface area contributed by atoms with E-state index in [1.54, 1.807) is 12.1 Å². The van der Waals surface area contributed by atoms with Gasteiger partial charge in [-0.3, -0.25) is 10.1 Å². The number of rotatable bonds is 4. The van der Waals surface area contributed by atoms with Crippen molar-refractivity contribution in [1.82, 2.24) is 0 Å². The zero-order chi connectivity index (χ0) is 14.7. The van der Waals surface area contributed by atoms with Crippen molar-refractivity contribution in [2.45, 2.75) is 6.54 Å². The highest BCUT2D eigenvalue weighted by molar-refractivity contribution is 9.10. The number of benzene rings is 2. The van der Waals surface area contributed by atoms with Gasteiger partial charge in [-0.15, -0.1) is 0 Å². The minimum Gasteiger partial charge on any atom is -0.375 e. The molecule has 20 heavy (non-hydrogen) atoms. The van der Waals surface area contributed by atoms with Crippen molar-refractivity contribution in [3.05, 3.63) is 68.2 Å². The summed E-state index contributed by atoms with van der Waals surface area (Å²) in [5, 5.41) is 13.7. The minimum atomic E-state index is -0.715. The molecular weight excluding hydrogens is 334 g/mol. The summed E-state index contributed by atoms with van der Waals surface area (Å²) in [6.45, 7) is 0.191. The van der Waals surface area contributed by atoms with Crippen LogP contribution in [0.2, 0.25) is 0 Å². The molecular formula is C13H9BrF2N2O2. The molecule has 0 aliphatic heterocycles. The summed E-state index contributed by atoms with van der Waals surface area (Å²) in [6.07, 6.45) is 0. The molecule has 0 saturated carbocycles. The Bertz CT molecular complexity index is 665. The van der Waals surface area contributed by atoms with E-state index in [4.69, 9.17) is 0 Å². The average molecular weight is 343 g/mol. The van der Waals surface area contributed by atoms with Crippen LogP contribution >= 0.6 is 15.9 Å². The van der Waals surface area contributed by atoms with Crippen LogP contribution in [0.4, 0.5) is 20.2 Å². The van der Waals surface area contributed by atoms with Gasteiger partial charge in [-0.05, 0) is 39.7 Å². The predicted molar refractivity (Wildman–Crippen MR) is 74.5 cm³/mol. The van der Waals surface area contributed by atoms with Gasteiger partial charge in [0.25, 0.3) is 5.69 Å². The number of halogens is 3. The Labute approximate surface area is 121 Å². The Balaban J connectivity index is 2.24. The van der Waals surface area contributed by atoms with E-state index in [2.05, 4.69) is 21.2 Å². The fourth-order valence-electron chi connectivity index (χ4n) is 1.67. The second-order valence-corrected chi connectivity index (χ2v) is 4.88. The maximum absolute atomic E-state index is 13.3. The molecule has 0 heterocycles. The molecule has 0 aromatic heterocycles. The summed E-state index contributed by atoms with van der Waals surface area (Å²) in [7, 11) is 0. The Morgan fingerprint density at radius 3 is 2.65 bits per heavy atom. The molecule has 0 spiro atoms. The average Bonchev–Trinajstić information content (AvgIpc) is 2.39. The van der Waals surface area contributed by atoms with Gasteiger partial charge in [0.05, 0.1) is 15.5 Å². The quantitative estimate of drug-likeness (QED) is 0.667. The maximum Gasteiger partial charge on any atom is 0.295 e. The van der Waals surface area contributed by atoms with Crippen molar-refractivity contribution in [2.24, 2.45) is 0 Å². The third kappa shape index (κ3) is 3.30. The summed E-state index contributed by atoms with van der Waals surface area (Å²) in [5.41, 5.74) is 0.411. The van der Waals surface area contributed by atoms with Gasteiger partial charge < -0.3 is 5.32 Å². The van der Waals surface area contributed by atoms with Crippen LogP contribution in [0.5, 0.6) is 0 Å². The normalized spacial score (nSPS) is 10.3. The monoisotopic (exact) mass is 342 g/mol. The molecule has 7 heteroatoms. The largest absolute Gasteiger partial charge is 0.375 e. The van der Waals surface area contributed by atoms with Crippen LogP contribution in [0.15, 0.2) is 40.9 Å².